The van der Waals surface area contributed by atoms with Gasteiger partial charge < -0.3 is 0 Å². The first-order valence-electron chi connectivity index (χ1n) is 16.7. The van der Waals surface area contributed by atoms with Crippen LogP contribution >= 0.6 is 0 Å². The van der Waals surface area contributed by atoms with Crippen LogP contribution in [0.4, 0.5) is 0 Å². The smallest absolute Gasteiger partial charge is 0.00203 e. The van der Waals surface area contributed by atoms with E-state index in [0.717, 1.165) is 0 Å². The summed E-state index contributed by atoms with van der Waals surface area (Å²) in [5.74, 6) is 0. The molecule has 0 unspecified atom stereocenters. The molecule has 0 nitrogen and oxygen atoms in total. The lowest BCUT2D eigenvalue weighted by molar-refractivity contribution is 1.64. The molecule has 0 heterocycles. The molecule has 0 saturated carbocycles. The van der Waals surface area contributed by atoms with E-state index in [1.54, 1.807) is 0 Å². The quantitative estimate of drug-likeness (QED) is 0.175. The van der Waals surface area contributed by atoms with E-state index in [-0.39, 0.29) is 0 Å². The van der Waals surface area contributed by atoms with Crippen LogP contribution in [0.15, 0.2) is 182 Å². The summed E-state index contributed by atoms with van der Waals surface area (Å²) in [5.41, 5.74) is 10.1. The lowest BCUT2D eigenvalue weighted by atomic mass is 9.84. The van der Waals surface area contributed by atoms with Crippen LogP contribution in [0.25, 0.3) is 98.4 Å². The Labute approximate surface area is 279 Å². The van der Waals surface area contributed by atoms with Gasteiger partial charge in [0, 0.05) is 0 Å². The van der Waals surface area contributed by atoms with E-state index < -0.39 is 0 Å². The molecule has 0 aliphatic carbocycles. The van der Waals surface area contributed by atoms with Crippen molar-refractivity contribution in [3.8, 4) is 44.5 Å². The molecular formula is C48H30. The van der Waals surface area contributed by atoms with Crippen molar-refractivity contribution in [3.63, 3.8) is 0 Å². The molecule has 0 spiro atoms. The van der Waals surface area contributed by atoms with Crippen LogP contribution in [-0.4, -0.2) is 0 Å². The Morgan fingerprint density at radius 2 is 0.479 bits per heavy atom. The Morgan fingerprint density at radius 1 is 0.188 bits per heavy atom. The lowest BCUT2D eigenvalue weighted by Gasteiger charge is -2.19. The molecule has 10 aromatic rings. The predicted molar refractivity (Wildman–Crippen MR) is 207 cm³/mol. The fourth-order valence-electron chi connectivity index (χ4n) is 8.08. The normalized spacial score (nSPS) is 11.8. The van der Waals surface area contributed by atoms with Gasteiger partial charge in [-0.15, -0.1) is 0 Å². The summed E-state index contributed by atoms with van der Waals surface area (Å²) in [7, 11) is 0. The molecule has 0 aromatic heterocycles. The van der Waals surface area contributed by atoms with Crippen molar-refractivity contribution < 1.29 is 0 Å². The highest BCUT2D eigenvalue weighted by Crippen LogP contribution is 2.46. The van der Waals surface area contributed by atoms with E-state index in [9.17, 15) is 0 Å². The Kier molecular flexibility index (Phi) is 5.98. The summed E-state index contributed by atoms with van der Waals surface area (Å²) in [6.07, 6.45) is 0. The number of fused-ring (bicyclic) bond motifs is 2. The Morgan fingerprint density at radius 3 is 0.896 bits per heavy atom. The van der Waals surface area contributed by atoms with Gasteiger partial charge in [-0.05, 0) is 98.4 Å². The second-order valence-corrected chi connectivity index (χ2v) is 12.8. The van der Waals surface area contributed by atoms with Crippen LogP contribution in [0.3, 0.4) is 0 Å². The molecule has 0 radical (unpaired) electrons. The third-order valence-corrected chi connectivity index (χ3v) is 10.3. The van der Waals surface area contributed by atoms with Gasteiger partial charge in [0.15, 0.2) is 0 Å². The third-order valence-electron chi connectivity index (χ3n) is 10.3. The fourth-order valence-corrected chi connectivity index (χ4v) is 8.08. The number of hydrogen-bond donors (Lipinski definition) is 0. The highest BCUT2D eigenvalue weighted by atomic mass is 14.2. The topological polar surface area (TPSA) is 0 Å². The molecule has 0 bridgehead atoms. The molecule has 0 fully saturated rings. The monoisotopic (exact) mass is 606 g/mol. The maximum atomic E-state index is 2.34. The fraction of sp³-hybridized carbons (Fsp3) is 0. The first-order chi connectivity index (χ1) is 23.8. The van der Waals surface area contributed by atoms with Crippen LogP contribution in [0.2, 0.25) is 0 Å². The minimum atomic E-state index is 1.24. The maximum Gasteiger partial charge on any atom is -0.00203 e. The van der Waals surface area contributed by atoms with Crippen LogP contribution in [0.1, 0.15) is 0 Å². The first kappa shape index (κ1) is 26.9. The minimum Gasteiger partial charge on any atom is -0.0622 e. The number of benzene rings is 10. The number of rotatable bonds is 4. The molecule has 10 aromatic carbocycles. The summed E-state index contributed by atoms with van der Waals surface area (Å²) in [6, 6.07) is 67.0. The van der Waals surface area contributed by atoms with Crippen molar-refractivity contribution in [1.82, 2.24) is 0 Å². The van der Waals surface area contributed by atoms with Crippen LogP contribution < -0.4 is 0 Å². The van der Waals surface area contributed by atoms with Crippen LogP contribution in [-0.2, 0) is 0 Å². The van der Waals surface area contributed by atoms with Gasteiger partial charge in [0.2, 0.25) is 0 Å². The molecule has 0 atom stereocenters. The molecule has 48 heavy (non-hydrogen) atoms. The van der Waals surface area contributed by atoms with Crippen molar-refractivity contribution in [3.05, 3.63) is 182 Å². The zero-order valence-electron chi connectivity index (χ0n) is 26.3. The first-order valence-corrected chi connectivity index (χ1v) is 16.7. The zero-order chi connectivity index (χ0) is 31.6. The Balaban J connectivity index is 1.22. The molecular weight excluding hydrogens is 577 g/mol. The van der Waals surface area contributed by atoms with Gasteiger partial charge in [-0.2, -0.15) is 0 Å². The van der Waals surface area contributed by atoms with Gasteiger partial charge in [0.05, 0.1) is 0 Å². The van der Waals surface area contributed by atoms with Crippen molar-refractivity contribution in [2.75, 3.05) is 0 Å². The standard InChI is InChI=1S/C48H30/c1-3-11-31(12-4-1)35-27-29-41(39-17-9-7-15-37(35)39)43-23-19-33-22-26-46-44(24-20-34-21-25-45(43)47(33)48(34)46)42-30-28-36(32-13-5-2-6-14-32)38-16-8-10-18-40(38)42/h1-30H. The van der Waals surface area contributed by atoms with Gasteiger partial charge in [0.1, 0.15) is 0 Å². The Bertz CT molecular complexity index is 2610. The van der Waals surface area contributed by atoms with E-state index in [1.807, 2.05) is 0 Å². The molecule has 0 aliphatic heterocycles. The van der Waals surface area contributed by atoms with Gasteiger partial charge in [-0.3, -0.25) is 0 Å². The van der Waals surface area contributed by atoms with Gasteiger partial charge >= 0.3 is 0 Å². The molecule has 10 rings (SSSR count). The summed E-state index contributed by atoms with van der Waals surface area (Å²) in [6.45, 7) is 0. The second-order valence-electron chi connectivity index (χ2n) is 12.8. The lowest BCUT2D eigenvalue weighted by Crippen LogP contribution is -1.91. The largest absolute Gasteiger partial charge is 0.0622 e. The second kappa shape index (κ2) is 10.7. The molecule has 0 saturated heterocycles. The predicted octanol–water partition coefficient (Wildman–Crippen LogP) is 13.6. The van der Waals surface area contributed by atoms with Crippen molar-refractivity contribution in [2.24, 2.45) is 0 Å². The summed E-state index contributed by atoms with van der Waals surface area (Å²) in [5, 5.41) is 12.9. The molecule has 222 valence electrons. The van der Waals surface area contributed by atoms with Gasteiger partial charge in [0.25, 0.3) is 0 Å². The van der Waals surface area contributed by atoms with E-state index >= 15 is 0 Å². The Hall–Kier alpha value is -6.24. The minimum absolute atomic E-state index is 1.24. The SMILES string of the molecule is c1ccc(-c2ccc(-c3ccc4ccc5c(-c6ccc(-c7ccccc7)c7ccccc67)ccc6ccc3c4c65)c3ccccc23)cc1. The van der Waals surface area contributed by atoms with Gasteiger partial charge in [-0.25, -0.2) is 0 Å². The zero-order valence-corrected chi connectivity index (χ0v) is 26.3. The van der Waals surface area contributed by atoms with Crippen molar-refractivity contribution >= 4 is 53.9 Å². The molecule has 0 amide bonds. The average molecular weight is 607 g/mol. The van der Waals surface area contributed by atoms with Crippen molar-refractivity contribution in [2.45, 2.75) is 0 Å². The molecule has 0 aliphatic rings. The highest BCUT2D eigenvalue weighted by Gasteiger charge is 2.18. The maximum absolute atomic E-state index is 2.34. The molecule has 0 N–H and O–H groups in total. The van der Waals surface area contributed by atoms with E-state index in [2.05, 4.69) is 182 Å². The highest BCUT2D eigenvalue weighted by molar-refractivity contribution is 6.29. The summed E-state index contributed by atoms with van der Waals surface area (Å²) in [4.78, 5) is 0. The van der Waals surface area contributed by atoms with Crippen LogP contribution in [0, 0.1) is 0 Å². The number of hydrogen-bond acceptors (Lipinski definition) is 0. The average Bonchev–Trinajstić information content (AvgIpc) is 3.17. The van der Waals surface area contributed by atoms with Crippen molar-refractivity contribution in [1.29, 1.82) is 0 Å². The third kappa shape index (κ3) is 4.03. The summed E-state index contributed by atoms with van der Waals surface area (Å²) >= 11 is 0. The summed E-state index contributed by atoms with van der Waals surface area (Å²) < 4.78 is 0. The van der Waals surface area contributed by atoms with E-state index in [4.69, 9.17) is 0 Å². The molecule has 0 heteroatoms. The van der Waals surface area contributed by atoms with E-state index in [0.29, 0.717) is 0 Å². The van der Waals surface area contributed by atoms with Crippen LogP contribution in [0.5, 0.6) is 0 Å². The van der Waals surface area contributed by atoms with E-state index in [1.165, 1.54) is 98.4 Å². The van der Waals surface area contributed by atoms with Gasteiger partial charge in [-0.1, -0.05) is 182 Å².